The molecule has 92 valence electrons. The van der Waals surface area contributed by atoms with Crippen LogP contribution in [-0.2, 0) is 9.59 Å². The molecule has 0 bridgehead atoms. The Morgan fingerprint density at radius 1 is 1.44 bits per heavy atom. The van der Waals surface area contributed by atoms with Crippen molar-refractivity contribution < 1.29 is 14.7 Å². The van der Waals surface area contributed by atoms with Crippen molar-refractivity contribution in [1.29, 1.82) is 0 Å². The molecule has 1 fully saturated rings. The van der Waals surface area contributed by atoms with Crippen molar-refractivity contribution in [3.05, 3.63) is 0 Å². The van der Waals surface area contributed by atoms with E-state index < -0.39 is 12.0 Å². The van der Waals surface area contributed by atoms with Crippen molar-refractivity contribution in [1.82, 2.24) is 5.32 Å². The number of carboxylic acid groups (broad SMARTS) is 1. The first kappa shape index (κ1) is 13.0. The zero-order valence-corrected chi connectivity index (χ0v) is 10.4. The second kappa shape index (κ2) is 4.44. The third kappa shape index (κ3) is 3.22. The van der Waals surface area contributed by atoms with Gasteiger partial charge in [0.2, 0.25) is 5.91 Å². The Hall–Kier alpha value is -1.06. The van der Waals surface area contributed by atoms with E-state index >= 15 is 0 Å². The number of carbonyl (C=O) groups is 2. The van der Waals surface area contributed by atoms with Crippen LogP contribution in [0, 0.1) is 17.3 Å². The monoisotopic (exact) mass is 227 g/mol. The topological polar surface area (TPSA) is 66.4 Å². The van der Waals surface area contributed by atoms with Crippen molar-refractivity contribution in [3.8, 4) is 0 Å². The molecule has 0 radical (unpaired) electrons. The van der Waals surface area contributed by atoms with Crippen LogP contribution in [0.1, 0.15) is 40.5 Å². The predicted octanol–water partition coefficient (Wildman–Crippen LogP) is 1.65. The predicted molar refractivity (Wildman–Crippen MR) is 60.9 cm³/mol. The fraction of sp³-hybridized carbons (Fsp3) is 0.833. The molecule has 0 aromatic rings. The van der Waals surface area contributed by atoms with Crippen LogP contribution in [0.3, 0.4) is 0 Å². The molecule has 0 spiro atoms. The van der Waals surface area contributed by atoms with Crippen LogP contribution in [-0.4, -0.2) is 23.0 Å². The zero-order chi connectivity index (χ0) is 12.5. The maximum Gasteiger partial charge on any atom is 0.326 e. The molecule has 0 aromatic heterocycles. The minimum Gasteiger partial charge on any atom is -0.480 e. The van der Waals surface area contributed by atoms with Crippen LogP contribution in [0.5, 0.6) is 0 Å². The van der Waals surface area contributed by atoms with E-state index in [-0.39, 0.29) is 23.2 Å². The van der Waals surface area contributed by atoms with Gasteiger partial charge in [0.05, 0.1) is 0 Å². The van der Waals surface area contributed by atoms with Gasteiger partial charge in [0.15, 0.2) is 0 Å². The van der Waals surface area contributed by atoms with Crippen molar-refractivity contribution in [2.24, 2.45) is 17.3 Å². The van der Waals surface area contributed by atoms with Gasteiger partial charge in [-0.3, -0.25) is 4.79 Å². The van der Waals surface area contributed by atoms with E-state index in [4.69, 9.17) is 5.11 Å². The quantitative estimate of drug-likeness (QED) is 0.750. The molecule has 1 aliphatic rings. The summed E-state index contributed by atoms with van der Waals surface area (Å²) in [4.78, 5) is 22.7. The molecule has 4 heteroatoms. The number of aliphatic carboxylic acids is 1. The number of rotatable bonds is 5. The molecule has 2 atom stereocenters. The number of hydrogen-bond donors (Lipinski definition) is 2. The summed E-state index contributed by atoms with van der Waals surface area (Å²) in [5.74, 6) is -0.811. The lowest BCUT2D eigenvalue weighted by Gasteiger charge is -2.16. The lowest BCUT2D eigenvalue weighted by molar-refractivity contribution is -0.142. The second-order valence-corrected chi connectivity index (χ2v) is 5.77. The normalized spacial score (nSPS) is 23.9. The highest BCUT2D eigenvalue weighted by atomic mass is 16.4. The second-order valence-electron chi connectivity index (χ2n) is 5.77. The van der Waals surface area contributed by atoms with E-state index in [0.717, 1.165) is 6.42 Å². The van der Waals surface area contributed by atoms with E-state index in [0.29, 0.717) is 6.42 Å². The third-order valence-electron chi connectivity index (χ3n) is 3.15. The largest absolute Gasteiger partial charge is 0.480 e. The Morgan fingerprint density at radius 2 is 1.94 bits per heavy atom. The molecule has 0 aromatic carbocycles. The van der Waals surface area contributed by atoms with Crippen LogP contribution in [0.2, 0.25) is 0 Å². The Morgan fingerprint density at radius 3 is 2.25 bits per heavy atom. The van der Waals surface area contributed by atoms with E-state index in [9.17, 15) is 9.59 Å². The van der Waals surface area contributed by atoms with Gasteiger partial charge in [-0.1, -0.05) is 27.7 Å². The van der Waals surface area contributed by atoms with Gasteiger partial charge in [-0.2, -0.15) is 0 Å². The number of carboxylic acids is 1. The molecule has 0 heterocycles. The fourth-order valence-electron chi connectivity index (χ4n) is 1.88. The first-order valence-corrected chi connectivity index (χ1v) is 5.77. The molecule has 4 nitrogen and oxygen atoms in total. The molecule has 16 heavy (non-hydrogen) atoms. The van der Waals surface area contributed by atoms with Crippen molar-refractivity contribution in [3.63, 3.8) is 0 Å². The van der Waals surface area contributed by atoms with Gasteiger partial charge in [0.25, 0.3) is 0 Å². The summed E-state index contributed by atoms with van der Waals surface area (Å²) in [6.07, 6.45) is 1.33. The van der Waals surface area contributed by atoms with Gasteiger partial charge in [0, 0.05) is 5.92 Å². The van der Waals surface area contributed by atoms with Crippen LogP contribution >= 0.6 is 0 Å². The van der Waals surface area contributed by atoms with E-state index in [1.807, 2.05) is 27.7 Å². The van der Waals surface area contributed by atoms with Gasteiger partial charge in [-0.25, -0.2) is 4.79 Å². The lowest BCUT2D eigenvalue weighted by Crippen LogP contribution is -2.42. The number of amides is 1. The molecule has 1 amide bonds. The number of nitrogens with one attached hydrogen (secondary N) is 1. The summed E-state index contributed by atoms with van der Waals surface area (Å²) in [6.45, 7) is 7.94. The molecule has 1 aliphatic carbocycles. The summed E-state index contributed by atoms with van der Waals surface area (Å²) in [7, 11) is 0. The van der Waals surface area contributed by atoms with Gasteiger partial charge >= 0.3 is 5.97 Å². The number of hydrogen-bond acceptors (Lipinski definition) is 2. The average Bonchev–Trinajstić information content (AvgIpc) is 2.73. The van der Waals surface area contributed by atoms with Crippen LogP contribution in [0.4, 0.5) is 0 Å². The van der Waals surface area contributed by atoms with Crippen LogP contribution in [0.25, 0.3) is 0 Å². The first-order chi connectivity index (χ1) is 7.24. The van der Waals surface area contributed by atoms with Crippen molar-refractivity contribution in [2.45, 2.75) is 46.6 Å². The molecule has 0 saturated heterocycles. The minimum absolute atomic E-state index is 0.0125. The fourth-order valence-corrected chi connectivity index (χ4v) is 1.88. The Labute approximate surface area is 96.4 Å². The van der Waals surface area contributed by atoms with E-state index in [1.54, 1.807) is 0 Å². The summed E-state index contributed by atoms with van der Waals surface area (Å²) < 4.78 is 0. The maximum absolute atomic E-state index is 11.7. The van der Waals surface area contributed by atoms with Crippen molar-refractivity contribution >= 4 is 11.9 Å². The molecule has 2 N–H and O–H groups in total. The Bertz CT molecular complexity index is 297. The minimum atomic E-state index is -0.944. The molecular formula is C12H21NO3. The summed E-state index contributed by atoms with van der Waals surface area (Å²) >= 11 is 0. The molecule has 1 rings (SSSR count). The SMILES string of the molecule is CC(C)C[C@@H](NC(=O)C1CC1(C)C)C(=O)O. The van der Waals surface area contributed by atoms with E-state index in [1.165, 1.54) is 0 Å². The lowest BCUT2D eigenvalue weighted by atomic mass is 10.0. The molecule has 1 unspecified atom stereocenters. The molecule has 1 saturated carbocycles. The van der Waals surface area contributed by atoms with E-state index in [2.05, 4.69) is 5.32 Å². The summed E-state index contributed by atoms with van der Waals surface area (Å²) in [5, 5.41) is 11.6. The molecular weight excluding hydrogens is 206 g/mol. The first-order valence-electron chi connectivity index (χ1n) is 5.77. The summed E-state index contributed by atoms with van der Waals surface area (Å²) in [6, 6.07) is -0.746. The smallest absolute Gasteiger partial charge is 0.326 e. The van der Waals surface area contributed by atoms with Gasteiger partial charge < -0.3 is 10.4 Å². The Kier molecular flexibility index (Phi) is 3.61. The van der Waals surface area contributed by atoms with Crippen molar-refractivity contribution in [2.75, 3.05) is 0 Å². The van der Waals surface area contributed by atoms with Gasteiger partial charge in [-0.05, 0) is 24.2 Å². The van der Waals surface area contributed by atoms with Gasteiger partial charge in [0.1, 0.15) is 6.04 Å². The number of carbonyl (C=O) groups excluding carboxylic acids is 1. The highest BCUT2D eigenvalue weighted by Crippen LogP contribution is 2.51. The van der Waals surface area contributed by atoms with Crippen LogP contribution in [0.15, 0.2) is 0 Å². The zero-order valence-electron chi connectivity index (χ0n) is 10.4. The average molecular weight is 227 g/mol. The standard InChI is InChI=1S/C12H21NO3/c1-7(2)5-9(11(15)16)13-10(14)8-6-12(8,3)4/h7-9H,5-6H2,1-4H3,(H,13,14)(H,15,16)/t8?,9-/m1/s1. The maximum atomic E-state index is 11.7. The van der Waals surface area contributed by atoms with Gasteiger partial charge in [-0.15, -0.1) is 0 Å². The third-order valence-corrected chi connectivity index (χ3v) is 3.15. The van der Waals surface area contributed by atoms with Crippen LogP contribution < -0.4 is 5.32 Å². The highest BCUT2D eigenvalue weighted by molar-refractivity contribution is 5.87. The highest BCUT2D eigenvalue weighted by Gasteiger charge is 2.51. The molecule has 0 aliphatic heterocycles. The summed E-state index contributed by atoms with van der Waals surface area (Å²) in [5.41, 5.74) is 0.0466. The Balaban J connectivity index is 2.49.